The quantitative estimate of drug-likeness (QED) is 0.316. The van der Waals surface area contributed by atoms with Gasteiger partial charge in [-0.25, -0.2) is 9.98 Å². The molecule has 0 N–H and O–H groups in total. The Labute approximate surface area is 237 Å². The summed E-state index contributed by atoms with van der Waals surface area (Å²) in [4.78, 5) is 34.5. The summed E-state index contributed by atoms with van der Waals surface area (Å²) in [7, 11) is 0. The predicted molar refractivity (Wildman–Crippen MR) is 152 cm³/mol. The van der Waals surface area contributed by atoms with Crippen molar-refractivity contribution in [3.8, 4) is 16.8 Å². The normalized spacial score (nSPS) is 22.3. The summed E-state index contributed by atoms with van der Waals surface area (Å²) < 4.78 is 18.7. The smallest absolute Gasteiger partial charge is 0.251 e. The van der Waals surface area contributed by atoms with E-state index in [1.165, 1.54) is 11.0 Å². The molecule has 1 fully saturated rings. The Bertz CT molecular complexity index is 1970. The highest BCUT2D eigenvalue weighted by atomic mass is 35.5. The van der Waals surface area contributed by atoms with Gasteiger partial charge in [-0.3, -0.25) is 9.59 Å². The molecule has 0 bridgehead atoms. The lowest BCUT2D eigenvalue weighted by Crippen LogP contribution is -2.29. The highest BCUT2D eigenvalue weighted by Gasteiger charge is 2.55. The molecule has 3 aliphatic heterocycles. The molecule has 1 aliphatic carbocycles. The number of ketones is 1. The van der Waals surface area contributed by atoms with Crippen LogP contribution in [-0.2, 0) is 11.2 Å². The molecule has 8 rings (SSSR count). The maximum absolute atomic E-state index is 15.4. The zero-order valence-corrected chi connectivity index (χ0v) is 22.5. The highest BCUT2D eigenvalue weighted by molar-refractivity contribution is 6.40. The molecule has 1 saturated carbocycles. The fourth-order valence-corrected chi connectivity index (χ4v) is 6.64. The third-order valence-electron chi connectivity index (χ3n) is 8.53. The van der Waals surface area contributed by atoms with Crippen molar-refractivity contribution in [3.05, 3.63) is 93.0 Å². The molecular weight excluding hydrogens is 545 g/mol. The number of carbonyl (C=O) groups excluding carboxylic acids is 1. The number of hydrogen-bond donors (Lipinski definition) is 0. The van der Waals surface area contributed by atoms with Crippen LogP contribution in [0.5, 0.6) is 0 Å². The lowest BCUT2D eigenvalue weighted by Gasteiger charge is -2.20. The average Bonchev–Trinajstić information content (AvgIpc) is 3.25. The number of halogens is 2. The molecule has 9 nitrogen and oxygen atoms in total. The van der Waals surface area contributed by atoms with Crippen molar-refractivity contribution in [1.29, 1.82) is 0 Å². The minimum atomic E-state index is -0.534. The Morgan fingerprint density at radius 2 is 1.88 bits per heavy atom. The fraction of sp³-hybridized carbons (Fsp3) is 0.233. The number of rotatable bonds is 4. The molecular formula is C30H21ClFN7O2. The molecule has 3 unspecified atom stereocenters. The first-order valence-electron chi connectivity index (χ1n) is 13.3. The molecule has 3 atom stereocenters. The molecule has 41 heavy (non-hydrogen) atoms. The van der Waals surface area contributed by atoms with E-state index in [-0.39, 0.29) is 29.2 Å². The van der Waals surface area contributed by atoms with Crippen LogP contribution in [0, 0.1) is 5.92 Å². The number of allylic oxidation sites excluding steroid dienone is 1. The number of nitrogens with zero attached hydrogens (tertiary/aromatic N) is 7. The fourth-order valence-electron chi connectivity index (χ4n) is 6.47. The third-order valence-corrected chi connectivity index (χ3v) is 8.77. The average molecular weight is 566 g/mol. The van der Waals surface area contributed by atoms with Gasteiger partial charge < -0.3 is 4.57 Å². The van der Waals surface area contributed by atoms with Crippen LogP contribution in [0.25, 0.3) is 22.4 Å². The Morgan fingerprint density at radius 1 is 1.00 bits per heavy atom. The summed E-state index contributed by atoms with van der Waals surface area (Å²) in [5, 5.41) is 12.0. The van der Waals surface area contributed by atoms with Crippen molar-refractivity contribution in [3.63, 3.8) is 0 Å². The van der Waals surface area contributed by atoms with E-state index < -0.39 is 5.95 Å². The van der Waals surface area contributed by atoms with Gasteiger partial charge in [-0.15, -0.1) is 5.10 Å². The first-order chi connectivity index (χ1) is 19.9. The molecule has 0 saturated heterocycles. The minimum absolute atomic E-state index is 0.00314. The maximum atomic E-state index is 15.4. The number of tetrazole rings is 1. The van der Waals surface area contributed by atoms with Crippen molar-refractivity contribution < 1.29 is 9.18 Å². The Hall–Kier alpha value is -4.57. The van der Waals surface area contributed by atoms with Gasteiger partial charge in [-0.05, 0) is 76.7 Å². The summed E-state index contributed by atoms with van der Waals surface area (Å²) in [6.45, 7) is 1.69. The molecule has 4 aliphatic rings. The van der Waals surface area contributed by atoms with E-state index in [1.807, 2.05) is 30.3 Å². The monoisotopic (exact) mass is 565 g/mol. The molecule has 11 heteroatoms. The number of Topliss-reactive ketones (excluding diaryl/α,β-unsaturated/α-hetero) is 1. The van der Waals surface area contributed by atoms with Gasteiger partial charge in [0.2, 0.25) is 5.95 Å². The molecule has 2 aromatic heterocycles. The van der Waals surface area contributed by atoms with Gasteiger partial charge in [-0.1, -0.05) is 23.7 Å². The topological polar surface area (TPSA) is 107 Å². The van der Waals surface area contributed by atoms with Crippen molar-refractivity contribution >= 4 is 40.1 Å². The summed E-state index contributed by atoms with van der Waals surface area (Å²) in [5.74, 6) is -0.134. The first-order valence-corrected chi connectivity index (χ1v) is 13.7. The van der Waals surface area contributed by atoms with Crippen molar-refractivity contribution in [2.24, 2.45) is 15.9 Å². The van der Waals surface area contributed by atoms with Gasteiger partial charge in [0.05, 0.1) is 23.1 Å². The maximum Gasteiger partial charge on any atom is 0.251 e. The van der Waals surface area contributed by atoms with Crippen LogP contribution in [-0.4, -0.2) is 42.0 Å². The second-order valence-electron chi connectivity index (χ2n) is 10.9. The summed E-state index contributed by atoms with van der Waals surface area (Å²) in [6, 6.07) is 14.2. The van der Waals surface area contributed by atoms with Crippen molar-refractivity contribution in [2.75, 3.05) is 0 Å². The second-order valence-corrected chi connectivity index (χ2v) is 11.4. The summed E-state index contributed by atoms with van der Waals surface area (Å²) in [6.07, 6.45) is 3.02. The second kappa shape index (κ2) is 8.71. The molecule has 5 heterocycles. The van der Waals surface area contributed by atoms with Crippen LogP contribution in [0.4, 0.5) is 10.1 Å². The lowest BCUT2D eigenvalue weighted by molar-refractivity contribution is -0.112. The predicted octanol–water partition coefficient (Wildman–Crippen LogP) is 5.20. The van der Waals surface area contributed by atoms with Gasteiger partial charge in [0.15, 0.2) is 5.78 Å². The van der Waals surface area contributed by atoms with Crippen LogP contribution >= 0.6 is 11.6 Å². The van der Waals surface area contributed by atoms with Gasteiger partial charge in [0.1, 0.15) is 6.33 Å². The Kier molecular flexibility index (Phi) is 5.15. The number of fused-ring (bicyclic) bond motifs is 4. The van der Waals surface area contributed by atoms with Crippen molar-refractivity contribution in [2.45, 2.75) is 38.1 Å². The molecule has 0 amide bonds. The van der Waals surface area contributed by atoms with Crippen LogP contribution in [0.15, 0.2) is 75.6 Å². The number of pyridine rings is 1. The Balaban J connectivity index is 1.13. The number of aromatic nitrogens is 5. The minimum Gasteiger partial charge on any atom is -0.303 e. The van der Waals surface area contributed by atoms with Crippen LogP contribution in [0.1, 0.15) is 48.5 Å². The molecule has 0 radical (unpaired) electrons. The molecule has 0 spiro atoms. The van der Waals surface area contributed by atoms with E-state index in [0.717, 1.165) is 28.8 Å². The highest BCUT2D eigenvalue weighted by Crippen LogP contribution is 2.60. The van der Waals surface area contributed by atoms with Gasteiger partial charge in [-0.2, -0.15) is 9.07 Å². The molecule has 202 valence electrons. The summed E-state index contributed by atoms with van der Waals surface area (Å²) in [5.41, 5.74) is 6.72. The number of aliphatic imine (C=N–C) groups is 2. The number of benzene rings is 2. The lowest BCUT2D eigenvalue weighted by atomic mass is 9.94. The standard InChI is InChI=1S/C30H21ClFN7O2/c1-14-27(40)8-16-3-2-15(6-23(16)34-14)20-12-24(35-30(20)32)29-22-11-21(22)26-7-17(9-28(41)39(26)29)19-10-18(31)4-5-25(19)38-13-33-36-37-38/h2-7,9-10,13,21-22,29H,8,11-12H2,1H3. The van der Waals surface area contributed by atoms with E-state index in [1.54, 1.807) is 29.7 Å². The van der Waals surface area contributed by atoms with Crippen LogP contribution in [0.2, 0.25) is 5.02 Å². The van der Waals surface area contributed by atoms with E-state index in [9.17, 15) is 9.59 Å². The van der Waals surface area contributed by atoms with Crippen LogP contribution < -0.4 is 5.56 Å². The van der Waals surface area contributed by atoms with E-state index in [4.69, 9.17) is 11.6 Å². The summed E-state index contributed by atoms with van der Waals surface area (Å²) >= 11 is 6.34. The Morgan fingerprint density at radius 3 is 2.71 bits per heavy atom. The first kappa shape index (κ1) is 24.2. The SMILES string of the molecule is CC1=Nc2cc(C3=C(F)N=C(C4C5CC5c5cc(-c6cc(Cl)ccc6-n6cnnn6)cc(=O)n54)C3)ccc2CC1=O. The van der Waals surface area contributed by atoms with Gasteiger partial charge >= 0.3 is 0 Å². The van der Waals surface area contributed by atoms with E-state index >= 15 is 4.39 Å². The molecule has 2 aromatic carbocycles. The third kappa shape index (κ3) is 3.77. The number of carbonyl (C=O) groups is 1. The largest absolute Gasteiger partial charge is 0.303 e. The number of hydrogen-bond acceptors (Lipinski definition) is 7. The van der Waals surface area contributed by atoms with E-state index in [2.05, 4.69) is 25.5 Å². The van der Waals surface area contributed by atoms with E-state index in [0.29, 0.717) is 51.8 Å². The van der Waals surface area contributed by atoms with Gasteiger partial charge in [0, 0.05) is 52.4 Å². The zero-order valence-electron chi connectivity index (χ0n) is 21.8. The van der Waals surface area contributed by atoms with Crippen LogP contribution in [0.3, 0.4) is 0 Å². The van der Waals surface area contributed by atoms with Gasteiger partial charge in [0.25, 0.3) is 5.56 Å². The molecule has 4 aromatic rings. The zero-order chi connectivity index (χ0) is 28.0. The van der Waals surface area contributed by atoms with Crippen molar-refractivity contribution in [1.82, 2.24) is 24.8 Å².